The van der Waals surface area contributed by atoms with Crippen LogP contribution in [0, 0.1) is 29.1 Å². The van der Waals surface area contributed by atoms with Gasteiger partial charge in [-0.05, 0) is 81.6 Å². The van der Waals surface area contributed by atoms with Gasteiger partial charge in [0.25, 0.3) is 0 Å². The van der Waals surface area contributed by atoms with Crippen LogP contribution in [0.2, 0.25) is 0 Å². The molecule has 284 valence electrons. The molecule has 7 aliphatic rings. The fourth-order valence-corrected chi connectivity index (χ4v) is 11.9. The Hall–Kier alpha value is -2.54. The number of aliphatic hydroxyl groups is 1. The molecule has 0 bridgehead atoms. The van der Waals surface area contributed by atoms with Crippen LogP contribution in [0.25, 0.3) is 0 Å². The molecular weight excluding hydrogens is 654 g/mol. The van der Waals surface area contributed by atoms with E-state index in [2.05, 4.69) is 4.90 Å². The number of carbonyl (C=O) groups excluding carboxylic acids is 4. The number of fused-ring (bicyclic) bond motifs is 2. The van der Waals surface area contributed by atoms with Gasteiger partial charge in [0.2, 0.25) is 11.8 Å². The molecule has 7 rings (SSSR count). The number of amides is 3. The van der Waals surface area contributed by atoms with Crippen LogP contribution in [-0.4, -0.2) is 103 Å². The summed E-state index contributed by atoms with van der Waals surface area (Å²) in [5.41, 5.74) is 6.28. The van der Waals surface area contributed by atoms with Gasteiger partial charge in [-0.2, -0.15) is 0 Å². The Labute approximate surface area is 302 Å². The van der Waals surface area contributed by atoms with E-state index in [1.54, 1.807) is 0 Å². The SMILES string of the molecule is COCCOC(=O)N1C(=O)[C@@]2(C3=C1CCCC3)[C@H](C(N)=O)[C@H]1C(=O)O[C@H](C3CCCCC3)[C@H](C3CCCCC3)N1[C@@H]2C1CCCCC1OCCO. The number of allylic oxidation sites excluding steroid dienone is 1. The van der Waals surface area contributed by atoms with Crippen molar-refractivity contribution >= 4 is 23.9 Å². The fraction of sp³-hybridized carbons (Fsp3) is 0.846. The lowest BCUT2D eigenvalue weighted by molar-refractivity contribution is -0.192. The Morgan fingerprint density at radius 1 is 0.863 bits per heavy atom. The summed E-state index contributed by atoms with van der Waals surface area (Å²) in [5.74, 6) is -2.74. The van der Waals surface area contributed by atoms with E-state index in [-0.39, 0.29) is 62.4 Å². The van der Waals surface area contributed by atoms with E-state index in [1.807, 2.05) is 0 Å². The van der Waals surface area contributed by atoms with Crippen LogP contribution in [0.4, 0.5) is 4.79 Å². The van der Waals surface area contributed by atoms with E-state index < -0.39 is 47.3 Å². The molecule has 0 aromatic rings. The zero-order valence-electron chi connectivity index (χ0n) is 30.4. The lowest BCUT2D eigenvalue weighted by Crippen LogP contribution is -2.66. The maximum Gasteiger partial charge on any atom is 0.421 e. The summed E-state index contributed by atoms with van der Waals surface area (Å²) in [6.07, 6.45) is 15.1. The molecule has 5 fully saturated rings. The molecule has 4 aliphatic carbocycles. The van der Waals surface area contributed by atoms with Gasteiger partial charge in [-0.1, -0.05) is 51.4 Å². The van der Waals surface area contributed by atoms with Crippen molar-refractivity contribution in [3.63, 3.8) is 0 Å². The van der Waals surface area contributed by atoms with Gasteiger partial charge in [-0.15, -0.1) is 0 Å². The van der Waals surface area contributed by atoms with Crippen LogP contribution < -0.4 is 5.73 Å². The topological polar surface area (TPSA) is 158 Å². The van der Waals surface area contributed by atoms with E-state index >= 15 is 4.79 Å². The number of nitrogens with zero attached hydrogens (tertiary/aromatic N) is 2. The molecule has 3 heterocycles. The van der Waals surface area contributed by atoms with Crippen LogP contribution in [-0.2, 0) is 33.3 Å². The van der Waals surface area contributed by atoms with E-state index in [4.69, 9.17) is 24.7 Å². The molecule has 3 amide bonds. The number of rotatable bonds is 10. The average Bonchev–Trinajstić information content (AvgIpc) is 3.61. The molecule has 2 unspecified atom stereocenters. The van der Waals surface area contributed by atoms with Crippen LogP contribution in [0.1, 0.15) is 116 Å². The number of aliphatic hydroxyl groups excluding tert-OH is 1. The number of ether oxygens (including phenoxy) is 4. The third kappa shape index (κ3) is 6.33. The molecule has 8 atom stereocenters. The van der Waals surface area contributed by atoms with Crippen molar-refractivity contribution in [3.05, 3.63) is 11.3 Å². The van der Waals surface area contributed by atoms with Gasteiger partial charge in [0.15, 0.2) is 0 Å². The summed E-state index contributed by atoms with van der Waals surface area (Å²) >= 11 is 0. The van der Waals surface area contributed by atoms with Crippen LogP contribution in [0.15, 0.2) is 11.3 Å². The van der Waals surface area contributed by atoms with Gasteiger partial charge in [-0.25, -0.2) is 9.69 Å². The zero-order valence-corrected chi connectivity index (χ0v) is 30.4. The maximum absolute atomic E-state index is 15.7. The van der Waals surface area contributed by atoms with Crippen LogP contribution in [0.3, 0.4) is 0 Å². The first-order valence-corrected chi connectivity index (χ1v) is 20.1. The van der Waals surface area contributed by atoms with Crippen molar-refractivity contribution in [2.45, 2.75) is 146 Å². The molecule has 3 N–H and O–H groups in total. The lowest BCUT2D eigenvalue weighted by atomic mass is 9.59. The van der Waals surface area contributed by atoms with Gasteiger partial charge in [0.1, 0.15) is 24.2 Å². The standard InChI is InChI=1S/C39H59N3O9/c1-48-22-23-50-38(47)41-28-18-10-9-17-27(28)39(37(41)46)30(35(40)44)32-36(45)51-33(25-14-6-3-7-15-25)31(24-12-4-2-5-13-24)42(32)34(39)26-16-8-11-19-29(26)49-21-20-43/h24-26,29-34,43H,2-23H2,1H3,(H2,40,44)/t26?,29?,30-,31-,32-,33+,34+,39-/m0/s1. The number of cyclic esters (lactones) is 1. The van der Waals surface area contributed by atoms with Crippen molar-refractivity contribution in [2.24, 2.45) is 34.8 Å². The number of esters is 1. The van der Waals surface area contributed by atoms with Crippen molar-refractivity contribution in [1.82, 2.24) is 9.80 Å². The predicted octanol–water partition coefficient (Wildman–Crippen LogP) is 4.60. The molecule has 0 radical (unpaired) electrons. The van der Waals surface area contributed by atoms with Gasteiger partial charge >= 0.3 is 12.1 Å². The number of carbonyl (C=O) groups is 4. The van der Waals surface area contributed by atoms with E-state index in [0.717, 1.165) is 102 Å². The molecule has 12 nitrogen and oxygen atoms in total. The first-order valence-electron chi connectivity index (χ1n) is 20.1. The smallest absolute Gasteiger partial charge is 0.421 e. The van der Waals surface area contributed by atoms with Crippen molar-refractivity contribution in [3.8, 4) is 0 Å². The summed E-state index contributed by atoms with van der Waals surface area (Å²) in [4.78, 5) is 62.1. The third-order valence-corrected chi connectivity index (χ3v) is 13.7. The summed E-state index contributed by atoms with van der Waals surface area (Å²) < 4.78 is 23.8. The molecule has 3 saturated carbocycles. The number of primary amides is 1. The highest BCUT2D eigenvalue weighted by Crippen LogP contribution is 2.64. The highest BCUT2D eigenvalue weighted by molar-refractivity contribution is 6.07. The quantitative estimate of drug-likeness (QED) is 0.242. The monoisotopic (exact) mass is 713 g/mol. The first kappa shape index (κ1) is 36.8. The number of nitrogens with two attached hydrogens (primary N) is 1. The normalized spacial score (nSPS) is 36.7. The van der Waals surface area contributed by atoms with Gasteiger partial charge in [-0.3, -0.25) is 19.3 Å². The third-order valence-electron chi connectivity index (χ3n) is 13.7. The van der Waals surface area contributed by atoms with Gasteiger partial charge < -0.3 is 29.8 Å². The second-order valence-corrected chi connectivity index (χ2v) is 16.2. The highest BCUT2D eigenvalue weighted by atomic mass is 16.6. The minimum absolute atomic E-state index is 0.0228. The van der Waals surface area contributed by atoms with Crippen molar-refractivity contribution < 1.29 is 43.2 Å². The van der Waals surface area contributed by atoms with Gasteiger partial charge in [0.05, 0.1) is 37.9 Å². The molecule has 12 heteroatoms. The fourth-order valence-electron chi connectivity index (χ4n) is 11.9. The predicted molar refractivity (Wildman–Crippen MR) is 186 cm³/mol. The minimum atomic E-state index is -1.55. The number of imide groups is 1. The van der Waals surface area contributed by atoms with Crippen LogP contribution >= 0.6 is 0 Å². The molecule has 51 heavy (non-hydrogen) atoms. The number of methoxy groups -OCH3 is 1. The molecule has 2 saturated heterocycles. The van der Waals surface area contributed by atoms with Gasteiger partial charge in [0, 0.05) is 24.8 Å². The molecule has 1 spiro atoms. The van der Waals surface area contributed by atoms with Crippen molar-refractivity contribution in [2.75, 3.05) is 33.5 Å². The largest absolute Gasteiger partial charge is 0.459 e. The minimum Gasteiger partial charge on any atom is -0.459 e. The summed E-state index contributed by atoms with van der Waals surface area (Å²) in [6.45, 7) is 0.176. The molecule has 0 aromatic carbocycles. The maximum atomic E-state index is 15.7. The Morgan fingerprint density at radius 3 is 2.22 bits per heavy atom. The zero-order chi connectivity index (χ0) is 35.7. The average molecular weight is 714 g/mol. The Morgan fingerprint density at radius 2 is 1.53 bits per heavy atom. The Kier molecular flexibility index (Phi) is 11.4. The highest BCUT2D eigenvalue weighted by Gasteiger charge is 2.77. The van der Waals surface area contributed by atoms with E-state index in [1.165, 1.54) is 18.4 Å². The number of hydrogen-bond donors (Lipinski definition) is 2. The Bertz CT molecular complexity index is 1340. The number of hydrogen-bond acceptors (Lipinski definition) is 10. The Balaban J connectivity index is 1.45. The summed E-state index contributed by atoms with van der Waals surface area (Å²) in [5, 5.41) is 9.88. The second-order valence-electron chi connectivity index (χ2n) is 16.2. The molecular formula is C39H59N3O9. The second kappa shape index (κ2) is 15.8. The van der Waals surface area contributed by atoms with E-state index in [9.17, 15) is 19.5 Å². The van der Waals surface area contributed by atoms with E-state index in [0.29, 0.717) is 18.5 Å². The molecule has 0 aromatic heterocycles. The summed E-state index contributed by atoms with van der Waals surface area (Å²) in [6, 6.07) is -1.86. The lowest BCUT2D eigenvalue weighted by Gasteiger charge is -2.54. The van der Waals surface area contributed by atoms with Crippen molar-refractivity contribution in [1.29, 1.82) is 0 Å². The first-order chi connectivity index (χ1) is 24.9. The molecule has 3 aliphatic heterocycles. The summed E-state index contributed by atoms with van der Waals surface area (Å²) in [7, 11) is 1.52. The van der Waals surface area contributed by atoms with Crippen LogP contribution in [0.5, 0.6) is 0 Å². The number of morpholine rings is 1.